The number of hydrogen-bond acceptors (Lipinski definition) is 26. The van der Waals surface area contributed by atoms with E-state index < -0.39 is 231 Å². The lowest BCUT2D eigenvalue weighted by Crippen LogP contribution is -2.53. The van der Waals surface area contributed by atoms with Gasteiger partial charge in [0.25, 0.3) is 34.7 Å². The molecule has 149 heavy (non-hydrogen) atoms. The largest absolute Gasteiger partial charge is 0.469 e. The monoisotopic (exact) mass is 2700 g/mol. The Morgan fingerprint density at radius 3 is 0.698 bits per heavy atom. The third-order valence-corrected chi connectivity index (χ3v) is 44.8. The van der Waals surface area contributed by atoms with Crippen LogP contribution in [0.5, 0.6) is 0 Å². The summed E-state index contributed by atoms with van der Waals surface area (Å²) >= 11 is -5.64. The van der Waals surface area contributed by atoms with Gasteiger partial charge >= 0.3 is 77.6 Å². The van der Waals surface area contributed by atoms with Crippen LogP contribution in [0.1, 0.15) is 252 Å². The molecule has 12 fully saturated rings. The lowest BCUT2D eigenvalue weighted by Gasteiger charge is -2.42. The molecule has 21 rings (SSSR count). The van der Waals surface area contributed by atoms with Crippen LogP contribution in [0, 0.1) is 42.2 Å². The zero-order valence-electron chi connectivity index (χ0n) is 84.5. The summed E-state index contributed by atoms with van der Waals surface area (Å²) in [5.74, 6) is -11.0. The fraction of sp³-hybridized carbons (Fsp3) is 0.376. The first-order valence-electron chi connectivity index (χ1n) is 50.3. The molecule has 26 nitrogen and oxygen atoms in total. The number of rotatable bonds is 14. The number of benzene rings is 9. The summed E-state index contributed by atoms with van der Waals surface area (Å²) in [7, 11) is 1.34. The van der Waals surface area contributed by atoms with Gasteiger partial charge in [-0.05, 0) is 224 Å². The Balaban J connectivity index is 0.000000128. The van der Waals surface area contributed by atoms with Crippen LogP contribution in [0.3, 0.4) is 0 Å². The Labute approximate surface area is 925 Å². The van der Waals surface area contributed by atoms with E-state index in [0.29, 0.717) is 94.8 Å². The zero-order valence-corrected chi connectivity index (χ0v) is 97.4. The van der Waals surface area contributed by atoms with Gasteiger partial charge in [0.15, 0.2) is 21.1 Å². The summed E-state index contributed by atoms with van der Waals surface area (Å²) in [4.78, 5) is 160. The van der Waals surface area contributed by atoms with Crippen LogP contribution < -0.4 is 0 Å². The van der Waals surface area contributed by atoms with E-state index in [1.165, 1.54) is 32.9 Å². The van der Waals surface area contributed by atoms with Gasteiger partial charge in [0.2, 0.25) is 0 Å². The number of carbonyl (C=O) groups is 13. The molecule has 6 heterocycles. The molecule has 6 spiro atoms. The van der Waals surface area contributed by atoms with Gasteiger partial charge < -0.3 is 61.6 Å². The van der Waals surface area contributed by atoms with E-state index >= 15 is 0 Å². The Morgan fingerprint density at radius 1 is 0.262 bits per heavy atom. The minimum Gasteiger partial charge on any atom is -0.469 e. The van der Waals surface area contributed by atoms with Gasteiger partial charge in [-0.1, -0.05) is 342 Å². The van der Waals surface area contributed by atoms with Crippen LogP contribution in [0.2, 0.25) is 0 Å². The molecule has 0 atom stereocenters. The van der Waals surface area contributed by atoms with E-state index in [2.05, 4.69) is 94.8 Å². The second-order valence-corrected chi connectivity index (χ2v) is 55.9. The standard InChI is InChI=1S/C23H31IO4.C21H19IO4.C20H17IO4.C19H15IO4.C17H17IO6.C17H19IO4/c1-13(2)16-11-17(14(3)4)19(18(12-16)15(5)6)24-20-21(25)27-23(28-22(20)26)9-7-8-10-23;23-19-18(20(24)26-21(25-19)13-5-2-6-14-21)22-17-11-9-16(10-12-17)15-7-3-1-4-8-15;22-18-17(19(23)25-20(24-18)12-4-5-13-20)21-16-10-8-15(9-11-16)14-6-2-1-3-7-14;21-17-16(18(22)24-19(23-17)11-4-12-19)20-15-9-7-14(8-10-15)13-5-2-1-3-6-13;1-22-13(19)10-11-4-6-12(7-5-11)18-14-15(20)23-17(24-16(14)21)8-2-3-9-17;1-10-8-11(2)13(12(3)9-10)18-14-15(19)21-17(22-16(14)20)6-4-5-7-17/h11-15H,7-10H2,1-6H3;1,3-4,7-12H,2,5-6,13-14H2;1-3,6-11H,4-5,12-13H2;1-3,5-10H,4,11-12H2;4-7H,2-3,8-10H2,1H3;8-9H,4-7H2,1-3H3. The molecule has 0 aromatic heterocycles. The molecule has 0 unspecified atom stereocenters. The Hall–Kier alpha value is -10.3. The number of aryl methyl sites for hydroxylation is 3. The van der Waals surface area contributed by atoms with Gasteiger partial charge in [-0.15, -0.1) is 0 Å². The summed E-state index contributed by atoms with van der Waals surface area (Å²) in [6.45, 7) is 19.2. The highest BCUT2D eigenvalue weighted by Crippen LogP contribution is 2.47. The molecule has 12 aliphatic rings. The first-order chi connectivity index (χ1) is 71.5. The molecular weight excluding hydrogens is 2580 g/mol. The summed E-state index contributed by atoms with van der Waals surface area (Å²) < 4.78 is 77.9. The molecule has 9 aromatic rings. The van der Waals surface area contributed by atoms with Crippen molar-refractivity contribution in [1.82, 2.24) is 0 Å². The number of hydrogen-bond donors (Lipinski definition) is 0. The van der Waals surface area contributed by atoms with Crippen molar-refractivity contribution in [2.45, 2.75) is 275 Å². The van der Waals surface area contributed by atoms with Crippen molar-refractivity contribution < 1.29 is 124 Å². The molecule has 6 saturated carbocycles. The van der Waals surface area contributed by atoms with Crippen LogP contribution in [0.4, 0.5) is 0 Å². The summed E-state index contributed by atoms with van der Waals surface area (Å²) in [6, 6.07) is 70.1. The second kappa shape index (κ2) is 49.6. The molecule has 6 aliphatic carbocycles. The van der Waals surface area contributed by atoms with Crippen LogP contribution in [0.25, 0.3) is 33.4 Å². The number of halogens is 6. The highest BCUT2D eigenvalue weighted by atomic mass is 127. The van der Waals surface area contributed by atoms with Gasteiger partial charge in [0.1, 0.15) is 0 Å². The molecule has 0 N–H and O–H groups in total. The first kappa shape index (κ1) is 111. The van der Waals surface area contributed by atoms with Crippen molar-refractivity contribution in [3.8, 4) is 33.4 Å². The lowest BCUT2D eigenvalue weighted by atomic mass is 9.90. The smallest absolute Gasteiger partial charge is 0.354 e. The van der Waals surface area contributed by atoms with Crippen molar-refractivity contribution in [3.63, 3.8) is 0 Å². The minimum atomic E-state index is -1.02. The predicted molar refractivity (Wildman–Crippen MR) is 614 cm³/mol. The van der Waals surface area contributed by atoms with Crippen molar-refractivity contribution in [1.29, 1.82) is 0 Å². The topological polar surface area (TPSA) is 342 Å². The number of methoxy groups -OCH3 is 1. The second-order valence-electron chi connectivity index (χ2n) is 39.0. The maximum absolute atomic E-state index is 12.8. The third-order valence-electron chi connectivity index (χ3n) is 26.9. The predicted octanol–water partition coefficient (Wildman–Crippen LogP) is 23.2. The first-order valence-corrected chi connectivity index (χ1v) is 63.2. The van der Waals surface area contributed by atoms with Crippen LogP contribution in [0.15, 0.2) is 212 Å². The van der Waals surface area contributed by atoms with Gasteiger partial charge in [-0.2, -0.15) is 0 Å². The van der Waals surface area contributed by atoms with Crippen LogP contribution >= 0.6 is 124 Å². The Morgan fingerprint density at radius 2 is 0.477 bits per heavy atom. The van der Waals surface area contributed by atoms with Gasteiger partial charge in [-0.25, -0.2) is 57.5 Å². The fourth-order valence-electron chi connectivity index (χ4n) is 18.9. The maximum atomic E-state index is 12.8. The summed E-state index contributed by atoms with van der Waals surface area (Å²) in [6.07, 6.45) is 18.7. The molecular formula is C117H118I6O26. The number of esters is 13. The normalized spacial score (nSPS) is 19.2. The van der Waals surface area contributed by atoms with E-state index in [4.69, 9.17) is 56.8 Å². The molecule has 6 aliphatic heterocycles. The van der Waals surface area contributed by atoms with Gasteiger partial charge in [0, 0.05) is 98.5 Å². The van der Waals surface area contributed by atoms with E-state index in [0.717, 1.165) is 145 Å². The van der Waals surface area contributed by atoms with Gasteiger partial charge in [0.05, 0.1) is 13.5 Å². The SMILES string of the molecule is CC(C)c1cc(C(C)C)c(I=C2C(=O)OC3(CCCC3)OC2=O)c(C(C)C)c1.COC(=O)Cc1ccc(I=C2C(=O)OC3(CCCC3)OC2=O)cc1.Cc1cc(C)c(I=C2C(=O)OC3(CCCC3)OC2=O)c(C)c1.O=C1OC2(CCC2)OC(=O)C1=Ic1ccc(-c2ccccc2)cc1.O=C1OC2(CCCC2)OC(=O)C1=Ic1ccc(-c2ccccc2)cc1.O=C1OC2(CCCCC2)OC(=O)C1=Ic1ccc(-c2ccccc2)cc1. The van der Waals surface area contributed by atoms with Gasteiger partial charge in [-0.3, -0.25) is 4.79 Å². The molecule has 0 amide bonds. The van der Waals surface area contributed by atoms with Crippen molar-refractivity contribution in [3.05, 3.63) is 273 Å². The fourth-order valence-corrected chi connectivity index (χ4v) is 32.7. The molecule has 0 bridgehead atoms. The Kier molecular flexibility index (Phi) is 37.1. The highest BCUT2D eigenvalue weighted by Gasteiger charge is 2.55. The highest BCUT2D eigenvalue weighted by molar-refractivity contribution is 14.2. The molecule has 6 saturated heterocycles. The summed E-state index contributed by atoms with van der Waals surface area (Å²) in [5.41, 5.74) is 14.8. The average molecular weight is 2700 g/mol. The van der Waals surface area contributed by atoms with Crippen LogP contribution in [-0.4, -0.2) is 140 Å². The summed E-state index contributed by atoms with van der Waals surface area (Å²) in [5, 5.41) is 0. The molecule has 784 valence electrons. The van der Waals surface area contributed by atoms with Crippen molar-refractivity contribution in [2.75, 3.05) is 7.11 Å². The lowest BCUT2D eigenvalue weighted by molar-refractivity contribution is -0.254. The number of carbonyl (C=O) groups excluding carboxylic acids is 13. The Bertz CT molecular complexity index is 6620. The van der Waals surface area contributed by atoms with E-state index in [-0.39, 0.29) is 33.4 Å². The van der Waals surface area contributed by atoms with Crippen LogP contribution in [-0.2, 0) is 130 Å². The molecule has 9 aromatic carbocycles. The quantitative estimate of drug-likeness (QED) is 0.0554. The van der Waals surface area contributed by atoms with E-state index in [1.54, 1.807) is 12.1 Å². The molecule has 32 heteroatoms. The zero-order chi connectivity index (χ0) is 106. The van der Waals surface area contributed by atoms with E-state index in [9.17, 15) is 62.3 Å². The van der Waals surface area contributed by atoms with Crippen molar-refractivity contribution >= 4 is 223 Å². The number of ether oxygens (including phenoxy) is 13. The minimum absolute atomic E-state index is 0.118. The average Bonchev–Trinajstić information content (AvgIpc) is 1.47. The van der Waals surface area contributed by atoms with E-state index in [1.807, 2.05) is 172 Å². The molecule has 0 radical (unpaired) electrons. The third kappa shape index (κ3) is 27.9. The maximum Gasteiger partial charge on any atom is 0.354 e. The van der Waals surface area contributed by atoms with Crippen molar-refractivity contribution in [2.24, 2.45) is 0 Å².